The summed E-state index contributed by atoms with van der Waals surface area (Å²) in [5, 5.41) is 4.94. The maximum Gasteiger partial charge on any atom is 0.355 e. The van der Waals surface area contributed by atoms with Crippen LogP contribution in [0.25, 0.3) is 0 Å². The first kappa shape index (κ1) is 18.4. The third-order valence-electron chi connectivity index (χ3n) is 3.43. The molecule has 0 spiro atoms. The molecule has 0 N–H and O–H groups in total. The highest BCUT2D eigenvalue weighted by Gasteiger charge is 2.54. The number of hydrogen-bond donors (Lipinski definition) is 0. The summed E-state index contributed by atoms with van der Waals surface area (Å²) in [6.45, 7) is 0. The molecule has 1 rings (SSSR count). The molecule has 3 atom stereocenters. The fourth-order valence-electron chi connectivity index (χ4n) is 2.36. The Bertz CT molecular complexity index is 544. The van der Waals surface area contributed by atoms with E-state index in [9.17, 15) is 19.2 Å². The summed E-state index contributed by atoms with van der Waals surface area (Å²) in [5.74, 6) is -6.39. The summed E-state index contributed by atoms with van der Waals surface area (Å²) < 4.78 is 18.5. The molecule has 23 heavy (non-hydrogen) atoms. The van der Waals surface area contributed by atoms with Crippen LogP contribution in [0.5, 0.6) is 0 Å². The third-order valence-corrected chi connectivity index (χ3v) is 3.43. The van der Waals surface area contributed by atoms with Gasteiger partial charge in [-0.05, 0) is 0 Å². The van der Waals surface area contributed by atoms with Gasteiger partial charge >= 0.3 is 23.9 Å². The van der Waals surface area contributed by atoms with Crippen molar-refractivity contribution in [3.05, 3.63) is 0 Å². The Morgan fingerprint density at radius 1 is 0.870 bits per heavy atom. The summed E-state index contributed by atoms with van der Waals surface area (Å²) in [6, 6.07) is -1.26. The standard InChI is InChI=1S/C13H18N2O8/c1-15-9(13(19)23-5)7(11(17)21-3)6(10(16)20-2)8(14-15)12(18)22-4/h6-7,9H,1-5H3/t6-,7-,9+/m0/s1. The average molecular weight is 330 g/mol. The summed E-state index contributed by atoms with van der Waals surface area (Å²) in [6.07, 6.45) is 0. The lowest BCUT2D eigenvalue weighted by Gasteiger charge is -2.37. The predicted molar refractivity (Wildman–Crippen MR) is 74.0 cm³/mol. The van der Waals surface area contributed by atoms with E-state index >= 15 is 0 Å². The molecule has 0 bridgehead atoms. The lowest BCUT2D eigenvalue weighted by molar-refractivity contribution is -0.166. The lowest BCUT2D eigenvalue weighted by Crippen LogP contribution is -2.57. The molecule has 0 saturated heterocycles. The van der Waals surface area contributed by atoms with E-state index in [1.165, 1.54) is 7.05 Å². The van der Waals surface area contributed by atoms with Gasteiger partial charge in [0.25, 0.3) is 0 Å². The fourth-order valence-corrected chi connectivity index (χ4v) is 2.36. The highest BCUT2D eigenvalue weighted by molar-refractivity contribution is 6.41. The molecular formula is C13H18N2O8. The van der Waals surface area contributed by atoms with Crippen LogP contribution in [-0.4, -0.2) is 76.1 Å². The predicted octanol–water partition coefficient (Wildman–Crippen LogP) is -1.42. The number of hydrogen-bond acceptors (Lipinski definition) is 10. The van der Waals surface area contributed by atoms with Crippen LogP contribution < -0.4 is 0 Å². The Kier molecular flexibility index (Phi) is 6.05. The van der Waals surface area contributed by atoms with E-state index in [0.717, 1.165) is 33.4 Å². The topological polar surface area (TPSA) is 121 Å². The zero-order chi connectivity index (χ0) is 17.7. The second kappa shape index (κ2) is 7.56. The van der Waals surface area contributed by atoms with Crippen molar-refractivity contribution >= 4 is 29.6 Å². The van der Waals surface area contributed by atoms with E-state index in [4.69, 9.17) is 0 Å². The van der Waals surface area contributed by atoms with Crippen molar-refractivity contribution in [3.63, 3.8) is 0 Å². The number of likely N-dealkylation sites (N-methyl/N-ethyl adjacent to an activating group) is 1. The molecule has 1 heterocycles. The molecule has 0 fully saturated rings. The van der Waals surface area contributed by atoms with Gasteiger partial charge in [-0.2, -0.15) is 5.10 Å². The molecule has 128 valence electrons. The van der Waals surface area contributed by atoms with Gasteiger partial charge in [-0.15, -0.1) is 0 Å². The minimum atomic E-state index is -1.46. The molecule has 0 amide bonds. The number of nitrogens with zero attached hydrogens (tertiary/aromatic N) is 2. The van der Waals surface area contributed by atoms with Crippen LogP contribution in [-0.2, 0) is 38.1 Å². The van der Waals surface area contributed by atoms with Gasteiger partial charge in [-0.25, -0.2) is 9.59 Å². The summed E-state index contributed by atoms with van der Waals surface area (Å²) in [5.41, 5.74) is -0.364. The normalized spacial score (nSPS) is 23.4. The average Bonchev–Trinajstić information content (AvgIpc) is 2.57. The van der Waals surface area contributed by atoms with Crippen molar-refractivity contribution in [2.24, 2.45) is 16.9 Å². The number of hydrazone groups is 1. The Morgan fingerprint density at radius 3 is 1.83 bits per heavy atom. The zero-order valence-electron chi connectivity index (χ0n) is 13.4. The number of esters is 4. The largest absolute Gasteiger partial charge is 0.469 e. The Morgan fingerprint density at radius 2 is 1.39 bits per heavy atom. The first-order valence-electron chi connectivity index (χ1n) is 6.47. The smallest absolute Gasteiger partial charge is 0.355 e. The van der Waals surface area contributed by atoms with Crippen LogP contribution in [0.15, 0.2) is 5.10 Å². The van der Waals surface area contributed by atoms with Crippen molar-refractivity contribution in [1.29, 1.82) is 0 Å². The van der Waals surface area contributed by atoms with Crippen LogP contribution in [0.3, 0.4) is 0 Å². The highest BCUT2D eigenvalue weighted by atomic mass is 16.5. The van der Waals surface area contributed by atoms with Crippen molar-refractivity contribution in [3.8, 4) is 0 Å². The first-order chi connectivity index (χ1) is 10.8. The molecular weight excluding hydrogens is 312 g/mol. The van der Waals surface area contributed by atoms with Crippen molar-refractivity contribution < 1.29 is 38.1 Å². The fraction of sp³-hybridized carbons (Fsp3) is 0.615. The lowest BCUT2D eigenvalue weighted by atomic mass is 9.80. The van der Waals surface area contributed by atoms with Gasteiger partial charge < -0.3 is 18.9 Å². The Hall–Kier alpha value is -2.65. The second-order valence-corrected chi connectivity index (χ2v) is 4.57. The van der Waals surface area contributed by atoms with E-state index < -0.39 is 41.8 Å². The van der Waals surface area contributed by atoms with Gasteiger partial charge in [0.15, 0.2) is 11.8 Å². The summed E-state index contributed by atoms with van der Waals surface area (Å²) >= 11 is 0. The highest BCUT2D eigenvalue weighted by Crippen LogP contribution is 2.30. The molecule has 0 radical (unpaired) electrons. The van der Waals surface area contributed by atoms with Crippen molar-refractivity contribution in [1.82, 2.24) is 5.01 Å². The third kappa shape index (κ3) is 3.41. The quantitative estimate of drug-likeness (QED) is 0.451. The van der Waals surface area contributed by atoms with Crippen molar-refractivity contribution in [2.45, 2.75) is 6.04 Å². The number of ether oxygens (including phenoxy) is 4. The molecule has 0 unspecified atom stereocenters. The van der Waals surface area contributed by atoms with Crippen LogP contribution in [0.1, 0.15) is 0 Å². The number of carbonyl (C=O) groups excluding carboxylic acids is 4. The van der Waals surface area contributed by atoms with Gasteiger partial charge in [-0.3, -0.25) is 14.6 Å². The molecule has 0 aliphatic carbocycles. The monoisotopic (exact) mass is 330 g/mol. The van der Waals surface area contributed by atoms with Crippen LogP contribution in [0.4, 0.5) is 0 Å². The van der Waals surface area contributed by atoms with E-state index in [1.807, 2.05) is 0 Å². The minimum absolute atomic E-state index is 0.364. The molecule has 0 saturated carbocycles. The Labute approximate surface area is 132 Å². The molecule has 10 heteroatoms. The summed E-state index contributed by atoms with van der Waals surface area (Å²) in [7, 11) is 5.75. The van der Waals surface area contributed by atoms with E-state index in [2.05, 4.69) is 24.0 Å². The molecule has 1 aliphatic heterocycles. The van der Waals surface area contributed by atoms with Gasteiger partial charge in [0, 0.05) is 7.05 Å². The van der Waals surface area contributed by atoms with Gasteiger partial charge in [0.1, 0.15) is 11.8 Å². The molecule has 0 aromatic heterocycles. The molecule has 0 aromatic rings. The minimum Gasteiger partial charge on any atom is -0.469 e. The van der Waals surface area contributed by atoms with Gasteiger partial charge in [0.2, 0.25) is 0 Å². The first-order valence-corrected chi connectivity index (χ1v) is 6.47. The number of methoxy groups -OCH3 is 4. The SMILES string of the molecule is COC(=O)C1=NN(C)[C@@H](C(=O)OC)[C@@H](C(=O)OC)[C@@H]1C(=O)OC. The van der Waals surface area contributed by atoms with E-state index in [0.29, 0.717) is 0 Å². The van der Waals surface area contributed by atoms with Crippen LogP contribution >= 0.6 is 0 Å². The Balaban J connectivity index is 3.52. The summed E-state index contributed by atoms with van der Waals surface area (Å²) in [4.78, 5) is 48.2. The van der Waals surface area contributed by atoms with Crippen LogP contribution in [0, 0.1) is 11.8 Å². The molecule has 1 aliphatic rings. The maximum absolute atomic E-state index is 12.2. The number of rotatable bonds is 4. The van der Waals surface area contributed by atoms with Gasteiger partial charge in [0.05, 0.1) is 28.4 Å². The van der Waals surface area contributed by atoms with Crippen LogP contribution in [0.2, 0.25) is 0 Å². The van der Waals surface area contributed by atoms with Gasteiger partial charge in [-0.1, -0.05) is 0 Å². The van der Waals surface area contributed by atoms with E-state index in [1.54, 1.807) is 0 Å². The maximum atomic E-state index is 12.2. The molecule has 10 nitrogen and oxygen atoms in total. The van der Waals surface area contributed by atoms with Crippen molar-refractivity contribution in [2.75, 3.05) is 35.5 Å². The number of carbonyl (C=O) groups is 4. The molecule has 0 aromatic carbocycles. The van der Waals surface area contributed by atoms with E-state index in [-0.39, 0.29) is 5.71 Å². The zero-order valence-corrected chi connectivity index (χ0v) is 13.4. The second-order valence-electron chi connectivity index (χ2n) is 4.57.